The van der Waals surface area contributed by atoms with Crippen molar-refractivity contribution in [3.63, 3.8) is 0 Å². The van der Waals surface area contributed by atoms with Crippen LogP contribution in [0.2, 0.25) is 10.0 Å². The van der Waals surface area contributed by atoms with E-state index in [0.717, 1.165) is 56.5 Å². The third-order valence-corrected chi connectivity index (χ3v) is 9.87. The van der Waals surface area contributed by atoms with Crippen molar-refractivity contribution in [2.24, 2.45) is 5.73 Å². The summed E-state index contributed by atoms with van der Waals surface area (Å²) >= 11 is 12.1. The zero-order valence-electron chi connectivity index (χ0n) is 37.2. The van der Waals surface area contributed by atoms with Crippen LogP contribution < -0.4 is 10.5 Å². The number of carbonyl (C=O) groups excluding carboxylic acids is 1. The van der Waals surface area contributed by atoms with E-state index in [2.05, 4.69) is 32.1 Å². The number of rotatable bonds is 10. The zero-order chi connectivity index (χ0) is 47.6. The molecule has 4 aromatic carbocycles. The van der Waals surface area contributed by atoms with Crippen LogP contribution in [0.4, 0.5) is 0 Å². The van der Waals surface area contributed by atoms with Gasteiger partial charge in [-0.2, -0.15) is 5.26 Å². The lowest BCUT2D eigenvalue weighted by Gasteiger charge is -2.04. The molecule has 4 aromatic heterocycles. The lowest BCUT2D eigenvalue weighted by atomic mass is 10.2. The number of methoxy groups -OCH3 is 1. The summed E-state index contributed by atoms with van der Waals surface area (Å²) in [7, 11) is 1.66. The topological polar surface area (TPSA) is 128 Å². The van der Waals surface area contributed by atoms with Crippen LogP contribution in [0.1, 0.15) is 72.6 Å². The molecule has 67 heavy (non-hydrogen) atoms. The van der Waals surface area contributed by atoms with E-state index < -0.39 is 5.91 Å². The molecule has 0 spiro atoms. The van der Waals surface area contributed by atoms with Gasteiger partial charge in [-0.1, -0.05) is 157 Å². The maximum atomic E-state index is 11.0. The SMILES string of the molecule is COc1ccc(C)nc1C=Cc1ccccc1.Cc1cccc(C=Cc2c(Cl)cccc2Cl)n1.N#Cc1cccc(C=Cc2ccccc2)n1.NC(=O)c1cccc(C=Cc2ccccc2)n1. The fourth-order valence-electron chi connectivity index (χ4n) is 5.87. The van der Waals surface area contributed by atoms with Crippen molar-refractivity contribution in [3.8, 4) is 11.8 Å². The van der Waals surface area contributed by atoms with Crippen LogP contribution in [0.25, 0.3) is 48.6 Å². The minimum absolute atomic E-state index is 0.278. The molecule has 1 amide bonds. The summed E-state index contributed by atoms with van der Waals surface area (Å²) in [4.78, 5) is 28.1. The second-order valence-corrected chi connectivity index (χ2v) is 15.1. The first kappa shape index (κ1) is 49.8. The highest BCUT2D eigenvalue weighted by Gasteiger charge is 2.03. The summed E-state index contributed by atoms with van der Waals surface area (Å²) in [6.07, 6.45) is 15.5. The highest BCUT2D eigenvalue weighted by molar-refractivity contribution is 6.37. The van der Waals surface area contributed by atoms with Gasteiger partial charge in [0.25, 0.3) is 5.91 Å². The average molecular weight is 920 g/mol. The normalized spacial score (nSPS) is 10.6. The highest BCUT2D eigenvalue weighted by Crippen LogP contribution is 2.26. The summed E-state index contributed by atoms with van der Waals surface area (Å²) in [5.41, 5.74) is 15.3. The number of aromatic nitrogens is 4. The number of aryl methyl sites for hydroxylation is 2. The molecule has 0 aliphatic heterocycles. The molecular weight excluding hydrogens is 872 g/mol. The van der Waals surface area contributed by atoms with Gasteiger partial charge >= 0.3 is 0 Å². The van der Waals surface area contributed by atoms with Crippen molar-refractivity contribution in [1.29, 1.82) is 5.26 Å². The molecule has 332 valence electrons. The summed E-state index contributed by atoms with van der Waals surface area (Å²) < 4.78 is 5.27. The number of pyridine rings is 4. The van der Waals surface area contributed by atoms with E-state index in [-0.39, 0.29) is 5.69 Å². The molecule has 0 fully saturated rings. The predicted octanol–water partition coefficient (Wildman–Crippen LogP) is 13.9. The number of nitrogens with zero attached hydrogens (tertiary/aromatic N) is 5. The number of carbonyl (C=O) groups is 1. The van der Waals surface area contributed by atoms with Gasteiger partial charge in [0.2, 0.25) is 0 Å². The second kappa shape index (κ2) is 27.2. The van der Waals surface area contributed by atoms with Gasteiger partial charge in [0.05, 0.1) is 24.2 Å². The van der Waals surface area contributed by atoms with Gasteiger partial charge in [-0.25, -0.2) is 15.0 Å². The maximum absolute atomic E-state index is 11.0. The summed E-state index contributed by atoms with van der Waals surface area (Å²) in [5, 5.41) is 9.99. The Morgan fingerprint density at radius 1 is 0.507 bits per heavy atom. The van der Waals surface area contributed by atoms with Gasteiger partial charge in [0, 0.05) is 27.0 Å². The Bertz CT molecular complexity index is 2970. The van der Waals surface area contributed by atoms with Crippen LogP contribution in [0.3, 0.4) is 0 Å². The zero-order valence-corrected chi connectivity index (χ0v) is 38.8. The summed E-state index contributed by atoms with van der Waals surface area (Å²) in [5.74, 6) is 0.280. The lowest BCUT2D eigenvalue weighted by Crippen LogP contribution is -2.13. The number of hydrogen-bond acceptors (Lipinski definition) is 7. The quantitative estimate of drug-likeness (QED) is 0.145. The molecule has 8 aromatic rings. The standard InChI is InChI=1S/C15H15NO.C14H11Cl2N.C14H12N2O.C14H10N2/c1-12-8-11-15(17-2)14(16-12)10-9-13-6-4-3-5-7-13;1-10-4-2-5-11(17-10)8-9-12-13(15)6-3-7-14(12)16;15-14(17)13-8-4-7-12(16-13)10-9-11-5-2-1-3-6-11;15-11-14-8-4-7-13(16-14)10-9-12-5-2-1-3-6-12/h3-11H,1-2H3;2-9H,1H3;1-10H,(H2,15,17);1-10H. The molecule has 0 saturated carbocycles. The molecule has 0 aliphatic carbocycles. The van der Waals surface area contributed by atoms with Gasteiger partial charge < -0.3 is 10.5 Å². The van der Waals surface area contributed by atoms with E-state index >= 15 is 0 Å². The van der Waals surface area contributed by atoms with Crippen LogP contribution >= 0.6 is 23.2 Å². The molecule has 8 rings (SSSR count). The summed E-state index contributed by atoms with van der Waals surface area (Å²) in [6.45, 7) is 3.93. The number of nitrogens with two attached hydrogens (primary N) is 1. The van der Waals surface area contributed by atoms with E-state index in [4.69, 9.17) is 38.9 Å². The van der Waals surface area contributed by atoms with Gasteiger partial charge in [0.15, 0.2) is 0 Å². The molecule has 4 heterocycles. The fourth-order valence-corrected chi connectivity index (χ4v) is 6.39. The molecule has 0 unspecified atom stereocenters. The van der Waals surface area contributed by atoms with Crippen molar-refractivity contribution in [1.82, 2.24) is 19.9 Å². The average Bonchev–Trinajstić information content (AvgIpc) is 3.36. The number of halogens is 2. The van der Waals surface area contributed by atoms with Crippen molar-refractivity contribution in [2.45, 2.75) is 13.8 Å². The van der Waals surface area contributed by atoms with Crippen LogP contribution in [0, 0.1) is 25.2 Å². The molecule has 10 heteroatoms. The molecule has 0 atom stereocenters. The van der Waals surface area contributed by atoms with E-state index in [1.807, 2.05) is 214 Å². The number of primary amides is 1. The Morgan fingerprint density at radius 3 is 1.49 bits per heavy atom. The second-order valence-electron chi connectivity index (χ2n) is 14.3. The minimum atomic E-state index is -0.514. The lowest BCUT2D eigenvalue weighted by molar-refractivity contribution is 0.0995. The van der Waals surface area contributed by atoms with Crippen LogP contribution in [0.15, 0.2) is 176 Å². The van der Waals surface area contributed by atoms with Crippen LogP contribution in [-0.4, -0.2) is 33.0 Å². The molecule has 2 N–H and O–H groups in total. The Kier molecular flexibility index (Phi) is 20.2. The van der Waals surface area contributed by atoms with Gasteiger partial charge in [-0.15, -0.1) is 0 Å². The van der Waals surface area contributed by atoms with Gasteiger partial charge in [0.1, 0.15) is 28.9 Å². The van der Waals surface area contributed by atoms with E-state index in [1.54, 1.807) is 25.3 Å². The molecular formula is C57H48Cl2N6O2. The molecule has 0 bridgehead atoms. The third-order valence-electron chi connectivity index (χ3n) is 9.21. The number of benzene rings is 4. The number of hydrogen-bond donors (Lipinski definition) is 1. The van der Waals surface area contributed by atoms with Crippen molar-refractivity contribution >= 4 is 77.7 Å². The maximum Gasteiger partial charge on any atom is 0.267 e. The molecule has 0 radical (unpaired) electrons. The summed E-state index contributed by atoms with van der Waals surface area (Å²) in [6, 6.07) is 57.8. The van der Waals surface area contributed by atoms with Crippen LogP contribution in [-0.2, 0) is 0 Å². The number of ether oxygens (including phenoxy) is 1. The Balaban J connectivity index is 0.000000167. The Morgan fingerprint density at radius 2 is 0.970 bits per heavy atom. The van der Waals surface area contributed by atoms with Crippen molar-refractivity contribution in [3.05, 3.63) is 254 Å². The molecule has 0 aliphatic rings. The van der Waals surface area contributed by atoms with Crippen molar-refractivity contribution in [2.75, 3.05) is 7.11 Å². The van der Waals surface area contributed by atoms with E-state index in [0.29, 0.717) is 21.4 Å². The van der Waals surface area contributed by atoms with Gasteiger partial charge in [-0.05, 0) is 122 Å². The first-order valence-corrected chi connectivity index (χ1v) is 21.8. The van der Waals surface area contributed by atoms with Crippen molar-refractivity contribution < 1.29 is 9.53 Å². The first-order chi connectivity index (χ1) is 32.6. The monoisotopic (exact) mass is 918 g/mol. The fraction of sp³-hybridized carbons (Fsp3) is 0.0526. The Labute approximate surface area is 402 Å². The first-order valence-electron chi connectivity index (χ1n) is 21.0. The number of nitriles is 1. The molecule has 0 saturated heterocycles. The predicted molar refractivity (Wildman–Crippen MR) is 278 cm³/mol. The van der Waals surface area contributed by atoms with Gasteiger partial charge in [-0.3, -0.25) is 9.78 Å². The largest absolute Gasteiger partial charge is 0.494 e. The molecule has 8 nitrogen and oxygen atoms in total. The van der Waals surface area contributed by atoms with Crippen LogP contribution in [0.5, 0.6) is 5.75 Å². The van der Waals surface area contributed by atoms with E-state index in [1.165, 1.54) is 0 Å². The highest BCUT2D eigenvalue weighted by atomic mass is 35.5. The smallest absolute Gasteiger partial charge is 0.267 e. The van der Waals surface area contributed by atoms with E-state index in [9.17, 15) is 4.79 Å². The number of amides is 1. The third kappa shape index (κ3) is 17.7. The Hall–Kier alpha value is -8.22. The minimum Gasteiger partial charge on any atom is -0.494 e.